The average molecular weight is 100 g/mol. The van der Waals surface area contributed by atoms with E-state index in [9.17, 15) is 4.79 Å². The second kappa shape index (κ2) is 1.20. The van der Waals surface area contributed by atoms with Crippen LogP contribution in [-0.4, -0.2) is 18.0 Å². The van der Waals surface area contributed by atoms with Gasteiger partial charge in [-0.15, -0.1) is 0 Å². The molecule has 2 atom stereocenters. The molecule has 1 aliphatic rings. The van der Waals surface area contributed by atoms with Gasteiger partial charge in [0.1, 0.15) is 6.04 Å². The summed E-state index contributed by atoms with van der Waals surface area (Å²) in [5.74, 6) is -0.0347. The van der Waals surface area contributed by atoms with Crippen LogP contribution in [0.25, 0.3) is 0 Å². The topological polar surface area (TPSA) is 55.1 Å². The number of carbonyl (C=O) groups is 1. The highest BCUT2D eigenvalue weighted by Gasteiger charge is 2.31. The first-order valence-corrected chi connectivity index (χ1v) is 2.28. The van der Waals surface area contributed by atoms with E-state index in [-0.39, 0.29) is 18.0 Å². The van der Waals surface area contributed by atoms with Crippen molar-refractivity contribution in [3.8, 4) is 0 Å². The number of carbonyl (C=O) groups excluding carboxylic acids is 1. The van der Waals surface area contributed by atoms with Crippen LogP contribution in [0.15, 0.2) is 0 Å². The van der Waals surface area contributed by atoms with Crippen molar-refractivity contribution in [1.82, 2.24) is 5.32 Å². The minimum Gasteiger partial charge on any atom is -0.350 e. The van der Waals surface area contributed by atoms with Gasteiger partial charge in [-0.2, -0.15) is 0 Å². The average Bonchev–Trinajstić information content (AvgIpc) is 1.68. The predicted octanol–water partition coefficient (Wildman–Crippen LogP) is -1.17. The fourth-order valence-corrected chi connectivity index (χ4v) is 0.541. The molecule has 0 spiro atoms. The first kappa shape index (κ1) is 4.59. The van der Waals surface area contributed by atoms with E-state index in [4.69, 9.17) is 5.73 Å². The third-order valence-electron chi connectivity index (χ3n) is 1.21. The molecule has 1 heterocycles. The summed E-state index contributed by atoms with van der Waals surface area (Å²) in [6.45, 7) is 1.88. The van der Waals surface area contributed by atoms with Crippen LogP contribution < -0.4 is 11.1 Å². The Morgan fingerprint density at radius 2 is 2.43 bits per heavy atom. The maximum Gasteiger partial charge on any atom is 0.239 e. The van der Waals surface area contributed by atoms with Crippen molar-refractivity contribution in [1.29, 1.82) is 0 Å². The van der Waals surface area contributed by atoms with Crippen LogP contribution in [0.5, 0.6) is 0 Å². The number of β-lactam (4-membered cyclic amide) rings is 1. The summed E-state index contributed by atoms with van der Waals surface area (Å²) in [6.07, 6.45) is 0. The Bertz CT molecular complexity index is 102. The summed E-state index contributed by atoms with van der Waals surface area (Å²) >= 11 is 0. The molecule has 1 amide bonds. The van der Waals surface area contributed by atoms with Crippen molar-refractivity contribution in [2.45, 2.75) is 19.0 Å². The largest absolute Gasteiger partial charge is 0.350 e. The molecule has 0 saturated carbocycles. The molecule has 0 aromatic rings. The molecule has 40 valence electrons. The maximum atomic E-state index is 10.2. The number of hydrogen-bond donors (Lipinski definition) is 2. The van der Waals surface area contributed by atoms with E-state index in [1.54, 1.807) is 0 Å². The highest BCUT2D eigenvalue weighted by molar-refractivity contribution is 5.88. The maximum absolute atomic E-state index is 10.2. The molecular formula is C4H8N2O. The van der Waals surface area contributed by atoms with E-state index >= 15 is 0 Å². The molecule has 0 aromatic carbocycles. The van der Waals surface area contributed by atoms with Crippen LogP contribution in [-0.2, 0) is 4.79 Å². The summed E-state index contributed by atoms with van der Waals surface area (Å²) in [5, 5.41) is 2.59. The molecule has 0 radical (unpaired) electrons. The highest BCUT2D eigenvalue weighted by atomic mass is 16.2. The van der Waals surface area contributed by atoms with E-state index in [0.29, 0.717) is 0 Å². The van der Waals surface area contributed by atoms with Gasteiger partial charge in [-0.3, -0.25) is 4.79 Å². The summed E-state index contributed by atoms with van der Waals surface area (Å²) < 4.78 is 0. The molecular weight excluding hydrogens is 92.1 g/mol. The van der Waals surface area contributed by atoms with Crippen LogP contribution in [0.4, 0.5) is 0 Å². The number of hydrogen-bond acceptors (Lipinski definition) is 2. The van der Waals surface area contributed by atoms with Crippen LogP contribution in [0, 0.1) is 0 Å². The Kier molecular flexibility index (Phi) is 0.785. The third-order valence-corrected chi connectivity index (χ3v) is 1.21. The molecule has 3 N–H and O–H groups in total. The summed E-state index contributed by atoms with van der Waals surface area (Å²) in [5.41, 5.74) is 5.25. The Balaban J connectivity index is 2.43. The Morgan fingerprint density at radius 3 is 2.43 bits per heavy atom. The lowest BCUT2D eigenvalue weighted by molar-refractivity contribution is -0.129. The third kappa shape index (κ3) is 0.489. The fraction of sp³-hybridized carbons (Fsp3) is 0.750. The Labute approximate surface area is 41.9 Å². The van der Waals surface area contributed by atoms with E-state index < -0.39 is 0 Å². The number of nitrogens with one attached hydrogen (secondary N) is 1. The summed E-state index contributed by atoms with van der Waals surface area (Å²) in [4.78, 5) is 10.2. The van der Waals surface area contributed by atoms with Gasteiger partial charge in [-0.25, -0.2) is 0 Å². The van der Waals surface area contributed by atoms with Crippen LogP contribution >= 0.6 is 0 Å². The second-order valence-corrected chi connectivity index (χ2v) is 1.82. The van der Waals surface area contributed by atoms with E-state index in [1.165, 1.54) is 0 Å². The minimum atomic E-state index is -0.250. The van der Waals surface area contributed by atoms with Crippen molar-refractivity contribution in [3.05, 3.63) is 0 Å². The van der Waals surface area contributed by atoms with Crippen LogP contribution in [0.2, 0.25) is 0 Å². The summed E-state index contributed by atoms with van der Waals surface area (Å²) in [7, 11) is 0. The van der Waals surface area contributed by atoms with Gasteiger partial charge in [0.25, 0.3) is 0 Å². The molecule has 7 heavy (non-hydrogen) atoms. The molecule has 0 aliphatic carbocycles. The van der Waals surface area contributed by atoms with Gasteiger partial charge in [0.2, 0.25) is 5.91 Å². The first-order valence-electron chi connectivity index (χ1n) is 2.28. The lowest BCUT2D eigenvalue weighted by atomic mass is 10.0. The minimum absolute atomic E-state index is 0.0347. The SMILES string of the molecule is C[C@@H]1NC(=O)[C@@H]1N. The normalized spacial score (nSPS) is 39.4. The van der Waals surface area contributed by atoms with Gasteiger partial charge in [-0.05, 0) is 6.92 Å². The van der Waals surface area contributed by atoms with Crippen molar-refractivity contribution in [2.75, 3.05) is 0 Å². The zero-order chi connectivity index (χ0) is 5.44. The van der Waals surface area contributed by atoms with Gasteiger partial charge in [0.05, 0.1) is 6.04 Å². The quantitative estimate of drug-likeness (QED) is 0.377. The van der Waals surface area contributed by atoms with Gasteiger partial charge in [-0.1, -0.05) is 0 Å². The predicted molar refractivity (Wildman–Crippen MR) is 25.6 cm³/mol. The van der Waals surface area contributed by atoms with Crippen LogP contribution in [0.3, 0.4) is 0 Å². The molecule has 1 rings (SSSR count). The highest BCUT2D eigenvalue weighted by Crippen LogP contribution is 1.99. The molecule has 0 unspecified atom stereocenters. The molecule has 1 aliphatic heterocycles. The lowest BCUT2D eigenvalue weighted by Gasteiger charge is -2.30. The van der Waals surface area contributed by atoms with Crippen LogP contribution in [0.1, 0.15) is 6.92 Å². The van der Waals surface area contributed by atoms with Gasteiger partial charge in [0, 0.05) is 0 Å². The molecule has 1 fully saturated rings. The van der Waals surface area contributed by atoms with E-state index in [1.807, 2.05) is 6.92 Å². The van der Waals surface area contributed by atoms with Crippen molar-refractivity contribution in [3.63, 3.8) is 0 Å². The second-order valence-electron chi connectivity index (χ2n) is 1.82. The summed E-state index contributed by atoms with van der Waals surface area (Å²) in [6, 6.07) is -0.0625. The van der Waals surface area contributed by atoms with Gasteiger partial charge in [0.15, 0.2) is 0 Å². The monoisotopic (exact) mass is 100 g/mol. The number of amides is 1. The van der Waals surface area contributed by atoms with E-state index in [2.05, 4.69) is 5.32 Å². The number of nitrogens with two attached hydrogens (primary N) is 1. The molecule has 0 bridgehead atoms. The number of rotatable bonds is 0. The Hall–Kier alpha value is -0.570. The van der Waals surface area contributed by atoms with Crippen molar-refractivity contribution < 1.29 is 4.79 Å². The molecule has 1 saturated heterocycles. The molecule has 0 aromatic heterocycles. The zero-order valence-electron chi connectivity index (χ0n) is 4.14. The van der Waals surface area contributed by atoms with Gasteiger partial charge < -0.3 is 11.1 Å². The first-order chi connectivity index (χ1) is 3.22. The lowest BCUT2D eigenvalue weighted by Crippen LogP contribution is -2.65. The zero-order valence-corrected chi connectivity index (χ0v) is 4.14. The molecule has 3 nitrogen and oxygen atoms in total. The Morgan fingerprint density at radius 1 is 1.86 bits per heavy atom. The van der Waals surface area contributed by atoms with Crippen molar-refractivity contribution in [2.24, 2.45) is 5.73 Å². The molecule has 3 heteroatoms. The van der Waals surface area contributed by atoms with Gasteiger partial charge >= 0.3 is 0 Å². The fourth-order valence-electron chi connectivity index (χ4n) is 0.541. The van der Waals surface area contributed by atoms with E-state index in [0.717, 1.165) is 0 Å². The van der Waals surface area contributed by atoms with Crippen molar-refractivity contribution >= 4 is 5.91 Å². The standard InChI is InChI=1S/C4H8N2O/c1-2-3(5)4(7)6-2/h2-3H,5H2,1H3,(H,6,7)/t2-,3+/m0/s1. The smallest absolute Gasteiger partial charge is 0.239 e.